The summed E-state index contributed by atoms with van der Waals surface area (Å²) in [7, 11) is 0. The Labute approximate surface area is 112 Å². The van der Waals surface area contributed by atoms with E-state index in [4.69, 9.17) is 14.6 Å². The van der Waals surface area contributed by atoms with Gasteiger partial charge in [0.1, 0.15) is 12.2 Å². The average Bonchev–Trinajstić information content (AvgIpc) is 2.62. The number of rotatable bonds is 4. The number of amides is 1. The summed E-state index contributed by atoms with van der Waals surface area (Å²) in [6.07, 6.45) is -0.184. The zero-order valence-corrected chi connectivity index (χ0v) is 11.6. The molecule has 0 aromatic carbocycles. The number of alkyl carbamates (subject to hydrolysis) is 1. The number of aliphatic carboxylic acids is 1. The minimum absolute atomic E-state index is 0.0455. The average molecular weight is 272 g/mol. The Balaban J connectivity index is 2.40. The molecule has 0 radical (unpaired) electrons. The highest BCUT2D eigenvalue weighted by molar-refractivity contribution is 5.85. The molecule has 7 nitrogen and oxygen atoms in total. The van der Waals surface area contributed by atoms with Crippen molar-refractivity contribution >= 4 is 18.0 Å². The van der Waals surface area contributed by atoms with Gasteiger partial charge in [-0.25, -0.2) is 14.6 Å². The lowest BCUT2D eigenvalue weighted by atomic mass is 10.2. The zero-order valence-electron chi connectivity index (χ0n) is 11.6. The first-order chi connectivity index (χ1) is 8.67. The molecule has 1 rings (SSSR count). The number of aliphatic imine (C=N–C) groups is 1. The molecular formula is C12H20N2O5. The molecule has 108 valence electrons. The molecule has 0 spiro atoms. The van der Waals surface area contributed by atoms with Gasteiger partial charge in [-0.3, -0.25) is 0 Å². The second kappa shape index (κ2) is 5.90. The van der Waals surface area contributed by atoms with E-state index in [0.717, 1.165) is 0 Å². The van der Waals surface area contributed by atoms with E-state index in [9.17, 15) is 9.59 Å². The summed E-state index contributed by atoms with van der Waals surface area (Å²) < 4.78 is 10.3. The second-order valence-electron chi connectivity index (χ2n) is 5.44. The Kier molecular flexibility index (Phi) is 4.74. The third-order valence-electron chi connectivity index (χ3n) is 2.24. The van der Waals surface area contributed by atoms with Gasteiger partial charge in [-0.2, -0.15) is 0 Å². The predicted molar refractivity (Wildman–Crippen MR) is 68.3 cm³/mol. The lowest BCUT2D eigenvalue weighted by molar-refractivity contribution is -0.138. The molecule has 1 unspecified atom stereocenters. The maximum atomic E-state index is 11.5. The van der Waals surface area contributed by atoms with E-state index in [-0.39, 0.29) is 12.6 Å². The van der Waals surface area contributed by atoms with Crippen LogP contribution < -0.4 is 5.32 Å². The van der Waals surface area contributed by atoms with E-state index in [1.165, 1.54) is 0 Å². The van der Waals surface area contributed by atoms with Gasteiger partial charge >= 0.3 is 12.1 Å². The highest BCUT2D eigenvalue weighted by Crippen LogP contribution is 2.10. The van der Waals surface area contributed by atoms with Crippen LogP contribution in [0.1, 0.15) is 34.1 Å². The van der Waals surface area contributed by atoms with Crippen molar-refractivity contribution in [3.05, 3.63) is 0 Å². The number of carboxylic acid groups (broad SMARTS) is 1. The first kappa shape index (κ1) is 15.3. The number of carbonyl (C=O) groups excluding carboxylic acids is 1. The number of hydrogen-bond donors (Lipinski definition) is 2. The Hall–Kier alpha value is -1.79. The molecule has 0 saturated carbocycles. The summed E-state index contributed by atoms with van der Waals surface area (Å²) in [4.78, 5) is 26.1. The van der Waals surface area contributed by atoms with E-state index in [2.05, 4.69) is 10.3 Å². The molecule has 2 atom stereocenters. The number of carbonyl (C=O) groups is 2. The van der Waals surface area contributed by atoms with Crippen LogP contribution in [0.5, 0.6) is 0 Å². The molecule has 0 aromatic heterocycles. The molecule has 0 aromatic rings. The van der Waals surface area contributed by atoms with E-state index < -0.39 is 23.7 Å². The maximum Gasteiger partial charge on any atom is 0.407 e. The van der Waals surface area contributed by atoms with Crippen molar-refractivity contribution in [3.8, 4) is 0 Å². The van der Waals surface area contributed by atoms with Crippen molar-refractivity contribution in [1.29, 1.82) is 0 Å². The molecule has 1 aliphatic heterocycles. The lowest BCUT2D eigenvalue weighted by Gasteiger charge is -2.21. The van der Waals surface area contributed by atoms with Crippen LogP contribution in [0.3, 0.4) is 0 Å². The lowest BCUT2D eigenvalue weighted by Crippen LogP contribution is -2.38. The minimum atomic E-state index is -1.01. The monoisotopic (exact) mass is 272 g/mol. The van der Waals surface area contributed by atoms with Crippen molar-refractivity contribution in [2.24, 2.45) is 4.99 Å². The van der Waals surface area contributed by atoms with Gasteiger partial charge in [0, 0.05) is 12.5 Å². The third kappa shape index (κ3) is 5.58. The molecule has 0 saturated heterocycles. The molecule has 1 amide bonds. The SMILES string of the molecule is CC(CC1=N[C@@H](C(=O)O)CO1)NC(=O)OC(C)(C)C. The first-order valence-corrected chi connectivity index (χ1v) is 6.09. The standard InChI is InChI=1S/C12H20N2O5/c1-7(13-11(17)19-12(2,3)4)5-9-14-8(6-18-9)10(15)16/h7-8H,5-6H2,1-4H3,(H,13,17)(H,15,16)/t7?,8-/m1/s1. The van der Waals surface area contributed by atoms with Crippen LogP contribution in [-0.2, 0) is 14.3 Å². The smallest absolute Gasteiger partial charge is 0.407 e. The quantitative estimate of drug-likeness (QED) is 0.800. The van der Waals surface area contributed by atoms with E-state index in [1.807, 2.05) is 0 Å². The highest BCUT2D eigenvalue weighted by Gasteiger charge is 2.26. The second-order valence-corrected chi connectivity index (χ2v) is 5.44. The summed E-state index contributed by atoms with van der Waals surface area (Å²) in [5, 5.41) is 11.4. The molecule has 1 heterocycles. The topological polar surface area (TPSA) is 97.2 Å². The van der Waals surface area contributed by atoms with Gasteiger partial charge in [0.2, 0.25) is 0 Å². The first-order valence-electron chi connectivity index (χ1n) is 6.09. The Morgan fingerprint density at radius 2 is 2.21 bits per heavy atom. The Morgan fingerprint density at radius 1 is 1.58 bits per heavy atom. The number of nitrogens with one attached hydrogen (secondary N) is 1. The van der Waals surface area contributed by atoms with Crippen molar-refractivity contribution in [3.63, 3.8) is 0 Å². The third-order valence-corrected chi connectivity index (χ3v) is 2.24. The summed E-state index contributed by atoms with van der Waals surface area (Å²) in [6, 6.07) is -1.09. The van der Waals surface area contributed by atoms with Crippen LogP contribution in [0.15, 0.2) is 4.99 Å². The predicted octanol–water partition coefficient (Wildman–Crippen LogP) is 1.17. The van der Waals surface area contributed by atoms with Crippen molar-refractivity contribution in [2.45, 2.75) is 51.8 Å². The molecule has 0 fully saturated rings. The Bertz CT molecular complexity index is 386. The van der Waals surface area contributed by atoms with Crippen LogP contribution >= 0.6 is 0 Å². The molecule has 0 aliphatic carbocycles. The minimum Gasteiger partial charge on any atom is -0.480 e. The van der Waals surface area contributed by atoms with Crippen LogP contribution in [0, 0.1) is 0 Å². The van der Waals surface area contributed by atoms with Gasteiger partial charge in [-0.1, -0.05) is 0 Å². The van der Waals surface area contributed by atoms with E-state index in [0.29, 0.717) is 12.3 Å². The van der Waals surface area contributed by atoms with Gasteiger partial charge < -0.3 is 19.9 Å². The molecule has 1 aliphatic rings. The number of hydrogen-bond acceptors (Lipinski definition) is 5. The van der Waals surface area contributed by atoms with Gasteiger partial charge in [-0.05, 0) is 27.7 Å². The van der Waals surface area contributed by atoms with Crippen LogP contribution in [0.25, 0.3) is 0 Å². The van der Waals surface area contributed by atoms with Crippen molar-refractivity contribution in [1.82, 2.24) is 5.32 Å². The highest BCUT2D eigenvalue weighted by atomic mass is 16.6. The molecular weight excluding hydrogens is 252 g/mol. The fourth-order valence-electron chi connectivity index (χ4n) is 1.48. The van der Waals surface area contributed by atoms with Crippen LogP contribution in [-0.4, -0.2) is 47.4 Å². The number of carboxylic acids is 1. The largest absolute Gasteiger partial charge is 0.480 e. The number of nitrogens with zero attached hydrogens (tertiary/aromatic N) is 1. The maximum absolute atomic E-state index is 11.5. The molecule has 19 heavy (non-hydrogen) atoms. The van der Waals surface area contributed by atoms with Gasteiger partial charge in [0.05, 0.1) is 0 Å². The van der Waals surface area contributed by atoms with E-state index >= 15 is 0 Å². The molecule has 0 bridgehead atoms. The van der Waals surface area contributed by atoms with Crippen LogP contribution in [0.4, 0.5) is 4.79 Å². The molecule has 7 heteroatoms. The fourth-order valence-corrected chi connectivity index (χ4v) is 1.48. The van der Waals surface area contributed by atoms with Crippen molar-refractivity contribution < 1.29 is 24.2 Å². The van der Waals surface area contributed by atoms with Gasteiger partial charge in [0.25, 0.3) is 0 Å². The Morgan fingerprint density at radius 3 is 2.68 bits per heavy atom. The van der Waals surface area contributed by atoms with Gasteiger partial charge in [0.15, 0.2) is 11.9 Å². The van der Waals surface area contributed by atoms with Crippen LogP contribution in [0.2, 0.25) is 0 Å². The van der Waals surface area contributed by atoms with E-state index in [1.54, 1.807) is 27.7 Å². The summed E-state index contributed by atoms with van der Waals surface area (Å²) in [5.41, 5.74) is -0.556. The fraction of sp³-hybridized carbons (Fsp3) is 0.750. The van der Waals surface area contributed by atoms with Gasteiger partial charge in [-0.15, -0.1) is 0 Å². The normalized spacial score (nSPS) is 20.2. The summed E-state index contributed by atoms with van der Waals surface area (Å²) in [5.74, 6) is -0.668. The summed E-state index contributed by atoms with van der Waals surface area (Å²) in [6.45, 7) is 7.14. The van der Waals surface area contributed by atoms with Crippen molar-refractivity contribution in [2.75, 3.05) is 6.61 Å². The summed E-state index contributed by atoms with van der Waals surface area (Å²) >= 11 is 0. The number of ether oxygens (including phenoxy) is 2. The molecule has 2 N–H and O–H groups in total. The zero-order chi connectivity index (χ0) is 14.6.